The first-order chi connectivity index (χ1) is 17.8. The van der Waals surface area contributed by atoms with Crippen LogP contribution in [0.5, 0.6) is 0 Å². The molecule has 36 heavy (non-hydrogen) atoms. The molecule has 2 aromatic heterocycles. The third-order valence-electron chi connectivity index (χ3n) is 5.94. The summed E-state index contributed by atoms with van der Waals surface area (Å²) in [5.41, 5.74) is 7.46. The number of nitrogens with zero attached hydrogens (tertiary/aromatic N) is 4. The fourth-order valence-corrected chi connectivity index (χ4v) is 5.08. The Hall–Kier alpha value is -4.79. The molecule has 4 aromatic carbocycles. The van der Waals surface area contributed by atoms with E-state index in [1.54, 1.807) is 0 Å². The summed E-state index contributed by atoms with van der Waals surface area (Å²) < 4.78 is 3.05. The predicted octanol–water partition coefficient (Wildman–Crippen LogP) is 7.88. The highest BCUT2D eigenvalue weighted by Crippen LogP contribution is 2.30. The maximum atomic E-state index is 9.81. The number of allylic oxidation sites excluding steroid dienone is 1. The van der Waals surface area contributed by atoms with Crippen LogP contribution in [-0.4, -0.2) is 14.8 Å². The number of benzene rings is 4. The Morgan fingerprint density at radius 2 is 1.44 bits per heavy atom. The Morgan fingerprint density at radius 3 is 2.14 bits per heavy atom. The Kier molecular flexibility index (Phi) is 5.71. The molecule has 5 heteroatoms. The van der Waals surface area contributed by atoms with Crippen LogP contribution in [0.25, 0.3) is 50.1 Å². The van der Waals surface area contributed by atoms with Crippen LogP contribution in [-0.2, 0) is 0 Å². The van der Waals surface area contributed by atoms with Crippen molar-refractivity contribution in [3.8, 4) is 34.3 Å². The number of hydrogen-bond acceptors (Lipinski definition) is 4. The van der Waals surface area contributed by atoms with Crippen molar-refractivity contribution in [2.75, 3.05) is 0 Å². The fraction of sp³-hybridized carbons (Fsp3) is 0. The Morgan fingerprint density at radius 1 is 0.778 bits per heavy atom. The van der Waals surface area contributed by atoms with Gasteiger partial charge in [-0.15, -0.1) is 11.3 Å². The summed E-state index contributed by atoms with van der Waals surface area (Å²) in [5.74, 6) is 0. The molecule has 0 saturated heterocycles. The molecule has 0 N–H and O–H groups in total. The van der Waals surface area contributed by atoms with Gasteiger partial charge in [-0.1, -0.05) is 84.9 Å². The van der Waals surface area contributed by atoms with Gasteiger partial charge in [-0.25, -0.2) is 9.67 Å². The van der Waals surface area contributed by atoms with Gasteiger partial charge in [-0.3, -0.25) is 0 Å². The number of hydrogen-bond donors (Lipinski definition) is 0. The summed E-state index contributed by atoms with van der Waals surface area (Å²) in [7, 11) is 0. The van der Waals surface area contributed by atoms with Gasteiger partial charge in [0.2, 0.25) is 0 Å². The minimum absolute atomic E-state index is 0.555. The second-order valence-electron chi connectivity index (χ2n) is 8.31. The Balaban J connectivity index is 1.38. The van der Waals surface area contributed by atoms with E-state index >= 15 is 0 Å². The summed E-state index contributed by atoms with van der Waals surface area (Å²) in [5, 5.41) is 15.5. The average molecular weight is 481 g/mol. The van der Waals surface area contributed by atoms with Gasteiger partial charge in [-0.05, 0) is 42.0 Å². The smallest absolute Gasteiger partial charge is 0.135 e. The fourth-order valence-electron chi connectivity index (χ4n) is 4.15. The summed E-state index contributed by atoms with van der Waals surface area (Å²) in [4.78, 5) is 4.64. The van der Waals surface area contributed by atoms with E-state index in [1.165, 1.54) is 11.3 Å². The number of rotatable bonds is 5. The molecule has 0 spiro atoms. The Bertz CT molecular complexity index is 1690. The van der Waals surface area contributed by atoms with Crippen molar-refractivity contribution in [3.63, 3.8) is 0 Å². The monoisotopic (exact) mass is 480 g/mol. The van der Waals surface area contributed by atoms with Gasteiger partial charge < -0.3 is 0 Å². The normalized spacial score (nSPS) is 11.5. The van der Waals surface area contributed by atoms with Crippen molar-refractivity contribution >= 4 is 33.2 Å². The molecule has 0 radical (unpaired) electrons. The van der Waals surface area contributed by atoms with Crippen LogP contribution in [0.1, 0.15) is 10.6 Å². The Labute approximate surface area is 213 Å². The van der Waals surface area contributed by atoms with Crippen LogP contribution < -0.4 is 0 Å². The highest BCUT2D eigenvalue weighted by atomic mass is 32.1. The maximum Gasteiger partial charge on any atom is 0.135 e. The highest BCUT2D eigenvalue weighted by molar-refractivity contribution is 7.19. The van der Waals surface area contributed by atoms with Gasteiger partial charge in [-0.2, -0.15) is 10.4 Å². The third-order valence-corrected chi connectivity index (χ3v) is 7.01. The molecule has 0 amide bonds. The second-order valence-corrected chi connectivity index (χ2v) is 9.34. The lowest BCUT2D eigenvalue weighted by atomic mass is 10.1. The summed E-state index contributed by atoms with van der Waals surface area (Å²) in [6.07, 6.45) is 1.89. The molecule has 0 aliphatic carbocycles. The van der Waals surface area contributed by atoms with Crippen LogP contribution in [0.3, 0.4) is 0 Å². The van der Waals surface area contributed by atoms with E-state index < -0.39 is 0 Å². The largest absolute Gasteiger partial charge is 0.235 e. The highest BCUT2D eigenvalue weighted by Gasteiger charge is 2.13. The van der Waals surface area contributed by atoms with Gasteiger partial charge >= 0.3 is 0 Å². The second kappa shape index (κ2) is 9.46. The lowest BCUT2D eigenvalue weighted by Crippen LogP contribution is -1.99. The molecule has 0 saturated carbocycles. The molecule has 2 heterocycles. The molecule has 0 bridgehead atoms. The van der Waals surface area contributed by atoms with E-state index in [2.05, 4.69) is 41.4 Å². The van der Waals surface area contributed by atoms with Crippen LogP contribution in [0.4, 0.5) is 0 Å². The minimum Gasteiger partial charge on any atom is -0.235 e. The molecule has 0 unspecified atom stereocenters. The first-order valence-electron chi connectivity index (χ1n) is 11.6. The molecule has 6 rings (SSSR count). The zero-order valence-electron chi connectivity index (χ0n) is 19.2. The van der Waals surface area contributed by atoms with Crippen molar-refractivity contribution in [2.45, 2.75) is 0 Å². The van der Waals surface area contributed by atoms with Gasteiger partial charge in [0.25, 0.3) is 0 Å². The molecule has 0 aliphatic rings. The van der Waals surface area contributed by atoms with Gasteiger partial charge in [0.05, 0.1) is 32.9 Å². The first kappa shape index (κ1) is 21.7. The number of para-hydroxylation sites is 1. The molecule has 6 aromatic rings. The predicted molar refractivity (Wildman–Crippen MR) is 148 cm³/mol. The van der Waals surface area contributed by atoms with Crippen LogP contribution in [0, 0.1) is 11.3 Å². The average Bonchev–Trinajstić information content (AvgIpc) is 3.58. The summed E-state index contributed by atoms with van der Waals surface area (Å²) in [6, 6.07) is 41.0. The number of fused-ring (bicyclic) bond motifs is 1. The van der Waals surface area contributed by atoms with E-state index in [4.69, 9.17) is 5.10 Å². The van der Waals surface area contributed by atoms with Gasteiger partial charge in [0.15, 0.2) is 0 Å². The van der Waals surface area contributed by atoms with E-state index in [0.29, 0.717) is 5.57 Å². The molecule has 0 atom stereocenters. The van der Waals surface area contributed by atoms with Crippen molar-refractivity contribution in [1.29, 1.82) is 5.26 Å². The lowest BCUT2D eigenvalue weighted by molar-refractivity contribution is 0.892. The van der Waals surface area contributed by atoms with E-state index in [9.17, 15) is 5.26 Å². The van der Waals surface area contributed by atoms with Crippen molar-refractivity contribution in [1.82, 2.24) is 14.8 Å². The third kappa shape index (κ3) is 4.22. The van der Waals surface area contributed by atoms with Gasteiger partial charge in [0, 0.05) is 11.1 Å². The molecule has 170 valence electrons. The molecule has 0 aliphatic heterocycles. The number of nitriles is 1. The molecular formula is C31H20N4S. The zero-order valence-corrected chi connectivity index (χ0v) is 20.1. The standard InChI is InChI=1S/C31H20N4S/c32-21-25(31-33-27-13-7-8-14-30(27)36-31)19-22-15-17-26(18-16-22)35-29(24-11-5-2-6-12-24)20-28(34-35)23-9-3-1-4-10-23/h1-20H. The van der Waals surface area contributed by atoms with Crippen molar-refractivity contribution in [2.24, 2.45) is 0 Å². The van der Waals surface area contributed by atoms with Crippen LogP contribution in [0.2, 0.25) is 0 Å². The van der Waals surface area contributed by atoms with E-state index in [-0.39, 0.29) is 0 Å². The van der Waals surface area contributed by atoms with Crippen molar-refractivity contribution in [3.05, 3.63) is 126 Å². The zero-order chi connectivity index (χ0) is 24.3. The van der Waals surface area contributed by atoms with Crippen LogP contribution >= 0.6 is 11.3 Å². The summed E-state index contributed by atoms with van der Waals surface area (Å²) in [6.45, 7) is 0. The van der Waals surface area contributed by atoms with E-state index in [1.807, 2.05) is 95.7 Å². The molecule has 4 nitrogen and oxygen atoms in total. The number of aromatic nitrogens is 3. The first-order valence-corrected chi connectivity index (χ1v) is 12.4. The SMILES string of the molecule is N#CC(=Cc1ccc(-n2nc(-c3ccccc3)cc2-c2ccccc2)cc1)c1nc2ccccc2s1. The lowest BCUT2D eigenvalue weighted by Gasteiger charge is -2.08. The maximum absolute atomic E-state index is 9.81. The van der Waals surface area contributed by atoms with Crippen LogP contribution in [0.15, 0.2) is 115 Å². The molecular weight excluding hydrogens is 460 g/mol. The number of thiazole rings is 1. The quantitative estimate of drug-likeness (QED) is 0.236. The topological polar surface area (TPSA) is 54.5 Å². The van der Waals surface area contributed by atoms with E-state index in [0.717, 1.165) is 49.0 Å². The summed E-state index contributed by atoms with van der Waals surface area (Å²) >= 11 is 1.53. The van der Waals surface area contributed by atoms with Crippen molar-refractivity contribution < 1.29 is 0 Å². The molecule has 0 fully saturated rings. The van der Waals surface area contributed by atoms with Gasteiger partial charge in [0.1, 0.15) is 11.1 Å². The minimum atomic E-state index is 0.555.